The van der Waals surface area contributed by atoms with Crippen molar-refractivity contribution in [2.45, 2.75) is 26.1 Å². The Kier molecular flexibility index (Phi) is 2.87. The van der Waals surface area contributed by atoms with Gasteiger partial charge in [-0.1, -0.05) is 12.8 Å². The van der Waals surface area contributed by atoms with Crippen molar-refractivity contribution < 1.29 is 4.39 Å². The summed E-state index contributed by atoms with van der Waals surface area (Å²) in [7, 11) is 0. The molecule has 0 aliphatic rings. The van der Waals surface area contributed by atoms with Gasteiger partial charge < -0.3 is 0 Å². The predicted octanol–water partition coefficient (Wildman–Crippen LogP) is 1.61. The molecule has 0 aliphatic carbocycles. The second-order valence-electron chi connectivity index (χ2n) is 2.55. The van der Waals surface area contributed by atoms with E-state index < -0.39 is 6.17 Å². The van der Waals surface area contributed by atoms with E-state index in [4.69, 9.17) is 6.42 Å². The van der Waals surface area contributed by atoms with Crippen molar-refractivity contribution in [1.29, 1.82) is 0 Å². The molecule has 64 valence electrons. The van der Waals surface area contributed by atoms with Gasteiger partial charge in [-0.3, -0.25) is 4.68 Å². The fraction of sp³-hybridized carbons (Fsp3) is 0.444. The monoisotopic (exact) mass is 166 g/mol. The largest absolute Gasteiger partial charge is 0.254 e. The van der Waals surface area contributed by atoms with E-state index >= 15 is 0 Å². The zero-order valence-electron chi connectivity index (χ0n) is 7.00. The maximum atomic E-state index is 12.9. The summed E-state index contributed by atoms with van der Waals surface area (Å²) in [5, 5.41) is 3.91. The van der Waals surface area contributed by atoms with Gasteiger partial charge in [0.2, 0.25) is 0 Å². The molecule has 3 heteroatoms. The molecule has 0 bridgehead atoms. The van der Waals surface area contributed by atoms with Crippen LogP contribution < -0.4 is 0 Å². The average molecular weight is 166 g/mol. The minimum absolute atomic E-state index is 0.253. The summed E-state index contributed by atoms with van der Waals surface area (Å²) in [5.41, 5.74) is 0.631. The Morgan fingerprint density at radius 2 is 2.58 bits per heavy atom. The SMILES string of the molecule is C#Cc1ccnn1CC(F)CC. The van der Waals surface area contributed by atoms with E-state index in [-0.39, 0.29) is 6.54 Å². The number of nitrogens with zero attached hydrogens (tertiary/aromatic N) is 2. The molecule has 12 heavy (non-hydrogen) atoms. The first-order valence-electron chi connectivity index (χ1n) is 3.90. The van der Waals surface area contributed by atoms with Crippen molar-refractivity contribution in [2.24, 2.45) is 0 Å². The summed E-state index contributed by atoms with van der Waals surface area (Å²) in [6.07, 6.45) is 6.39. The first-order valence-corrected chi connectivity index (χ1v) is 3.90. The van der Waals surface area contributed by atoms with Crippen LogP contribution in [0.4, 0.5) is 4.39 Å². The molecule has 0 saturated carbocycles. The Labute approximate surface area is 71.4 Å². The quantitative estimate of drug-likeness (QED) is 0.624. The van der Waals surface area contributed by atoms with E-state index in [0.717, 1.165) is 0 Å². The lowest BCUT2D eigenvalue weighted by Gasteiger charge is -2.05. The standard InChI is InChI=1S/C9H11FN2/c1-3-8(10)7-12-9(4-2)5-6-11-12/h2,5-6,8H,3,7H2,1H3. The van der Waals surface area contributed by atoms with Gasteiger partial charge >= 0.3 is 0 Å². The molecule has 1 aromatic rings. The molecule has 0 saturated heterocycles. The third-order valence-electron chi connectivity index (χ3n) is 1.68. The lowest BCUT2D eigenvalue weighted by atomic mass is 10.3. The van der Waals surface area contributed by atoms with Gasteiger partial charge in [-0.15, -0.1) is 6.42 Å². The highest BCUT2D eigenvalue weighted by molar-refractivity contribution is 5.22. The van der Waals surface area contributed by atoms with Gasteiger partial charge in [-0.2, -0.15) is 5.10 Å². The molecule has 0 aliphatic heterocycles. The fourth-order valence-electron chi connectivity index (χ4n) is 0.918. The molecule has 1 aromatic heterocycles. The van der Waals surface area contributed by atoms with Gasteiger partial charge in [-0.05, 0) is 12.5 Å². The van der Waals surface area contributed by atoms with Gasteiger partial charge in [0.05, 0.1) is 12.7 Å². The molecule has 2 nitrogen and oxygen atoms in total. The first-order chi connectivity index (χ1) is 5.77. The van der Waals surface area contributed by atoms with Crippen molar-refractivity contribution in [2.75, 3.05) is 0 Å². The summed E-state index contributed by atoms with van der Waals surface area (Å²) in [6, 6.07) is 1.70. The lowest BCUT2D eigenvalue weighted by molar-refractivity contribution is 0.277. The topological polar surface area (TPSA) is 17.8 Å². The number of halogens is 1. The molecule has 0 spiro atoms. The maximum Gasteiger partial charge on any atom is 0.119 e. The molecule has 1 unspecified atom stereocenters. The molecule has 0 fully saturated rings. The maximum absolute atomic E-state index is 12.9. The molecule has 0 aromatic carbocycles. The third kappa shape index (κ3) is 1.85. The van der Waals surface area contributed by atoms with Crippen molar-refractivity contribution >= 4 is 0 Å². The van der Waals surface area contributed by atoms with Crippen LogP contribution in [-0.2, 0) is 6.54 Å². The highest BCUT2D eigenvalue weighted by Gasteiger charge is 2.06. The second kappa shape index (κ2) is 3.91. The smallest absolute Gasteiger partial charge is 0.119 e. The van der Waals surface area contributed by atoms with E-state index in [1.165, 1.54) is 4.68 Å². The summed E-state index contributed by atoms with van der Waals surface area (Å²) in [6.45, 7) is 2.05. The Bertz CT molecular complexity index is 285. The van der Waals surface area contributed by atoms with Crippen molar-refractivity contribution in [3.05, 3.63) is 18.0 Å². The number of rotatable bonds is 3. The van der Waals surface area contributed by atoms with E-state index in [1.54, 1.807) is 19.2 Å². The minimum atomic E-state index is -0.864. The first kappa shape index (κ1) is 8.79. The number of aromatic nitrogens is 2. The van der Waals surface area contributed by atoms with Gasteiger partial charge in [-0.25, -0.2) is 4.39 Å². The normalized spacial score (nSPS) is 12.4. The Morgan fingerprint density at radius 3 is 3.17 bits per heavy atom. The second-order valence-corrected chi connectivity index (χ2v) is 2.55. The van der Waals surface area contributed by atoms with Crippen LogP contribution in [0, 0.1) is 12.3 Å². The van der Waals surface area contributed by atoms with Crippen molar-refractivity contribution in [1.82, 2.24) is 9.78 Å². The van der Waals surface area contributed by atoms with Crippen LogP contribution in [0.15, 0.2) is 12.3 Å². The van der Waals surface area contributed by atoms with Gasteiger partial charge in [0, 0.05) is 0 Å². The Balaban J connectivity index is 2.69. The molecule has 0 radical (unpaired) electrons. The van der Waals surface area contributed by atoms with Crippen LogP contribution in [0.3, 0.4) is 0 Å². The van der Waals surface area contributed by atoms with Crippen LogP contribution >= 0.6 is 0 Å². The minimum Gasteiger partial charge on any atom is -0.254 e. The number of hydrogen-bond acceptors (Lipinski definition) is 1. The zero-order chi connectivity index (χ0) is 8.97. The number of alkyl halides is 1. The van der Waals surface area contributed by atoms with Gasteiger partial charge in [0.1, 0.15) is 11.9 Å². The van der Waals surface area contributed by atoms with Crippen LogP contribution in [-0.4, -0.2) is 16.0 Å². The summed E-state index contributed by atoms with van der Waals surface area (Å²) in [4.78, 5) is 0. The van der Waals surface area contributed by atoms with Crippen LogP contribution in [0.1, 0.15) is 19.0 Å². The molecule has 1 heterocycles. The van der Waals surface area contributed by atoms with Crippen LogP contribution in [0.2, 0.25) is 0 Å². The third-order valence-corrected chi connectivity index (χ3v) is 1.68. The van der Waals surface area contributed by atoms with Crippen LogP contribution in [0.25, 0.3) is 0 Å². The van der Waals surface area contributed by atoms with Crippen molar-refractivity contribution in [3.63, 3.8) is 0 Å². The molecule has 0 amide bonds. The Hall–Kier alpha value is -1.30. The fourth-order valence-corrected chi connectivity index (χ4v) is 0.918. The predicted molar refractivity (Wildman–Crippen MR) is 45.3 cm³/mol. The number of terminal acetylenes is 1. The summed E-state index contributed by atoms with van der Waals surface area (Å²) in [5.74, 6) is 2.44. The van der Waals surface area contributed by atoms with Crippen molar-refractivity contribution in [3.8, 4) is 12.3 Å². The molecular formula is C9H11FN2. The summed E-state index contributed by atoms with van der Waals surface area (Å²) >= 11 is 0. The van der Waals surface area contributed by atoms with E-state index in [1.807, 2.05) is 0 Å². The average Bonchev–Trinajstić information content (AvgIpc) is 2.51. The zero-order valence-corrected chi connectivity index (χ0v) is 7.00. The highest BCUT2D eigenvalue weighted by Crippen LogP contribution is 2.03. The van der Waals surface area contributed by atoms with E-state index in [0.29, 0.717) is 12.1 Å². The number of hydrogen-bond donors (Lipinski definition) is 0. The lowest BCUT2D eigenvalue weighted by Crippen LogP contribution is -2.12. The van der Waals surface area contributed by atoms with Gasteiger partial charge in [0.15, 0.2) is 0 Å². The van der Waals surface area contributed by atoms with Crippen LogP contribution in [0.5, 0.6) is 0 Å². The highest BCUT2D eigenvalue weighted by atomic mass is 19.1. The van der Waals surface area contributed by atoms with Gasteiger partial charge in [0.25, 0.3) is 0 Å². The molecule has 1 atom stereocenters. The molecule has 1 rings (SSSR count). The van der Waals surface area contributed by atoms with E-state index in [9.17, 15) is 4.39 Å². The molecule has 0 N–H and O–H groups in total. The Morgan fingerprint density at radius 1 is 1.83 bits per heavy atom. The molecular weight excluding hydrogens is 155 g/mol. The van der Waals surface area contributed by atoms with E-state index in [2.05, 4.69) is 11.0 Å². The summed E-state index contributed by atoms with van der Waals surface area (Å²) < 4.78 is 14.4.